The number of hydrogen-bond acceptors (Lipinski definition) is 6. The molecule has 2 aromatic carbocycles. The molecule has 0 saturated carbocycles. The monoisotopic (exact) mass is 521 g/mol. The summed E-state index contributed by atoms with van der Waals surface area (Å²) in [4.78, 5) is 35.8. The van der Waals surface area contributed by atoms with Crippen molar-refractivity contribution >= 4 is 51.0 Å². The molecule has 0 bridgehead atoms. The van der Waals surface area contributed by atoms with E-state index in [0.717, 1.165) is 6.42 Å². The average Bonchev–Trinajstić information content (AvgIpc) is 2.79. The molecule has 0 spiro atoms. The van der Waals surface area contributed by atoms with Crippen molar-refractivity contribution in [1.82, 2.24) is 16.2 Å². The summed E-state index contributed by atoms with van der Waals surface area (Å²) in [6, 6.07) is 14.7. The van der Waals surface area contributed by atoms with Crippen molar-refractivity contribution in [3.63, 3.8) is 0 Å². The molecular weight excluding hydrogens is 498 g/mol. The topological polar surface area (TPSA) is 106 Å². The molecule has 0 fully saturated rings. The quantitative estimate of drug-likeness (QED) is 0.201. The Labute approximate surface area is 200 Å². The molecule has 0 aromatic heterocycles. The van der Waals surface area contributed by atoms with Crippen LogP contribution < -0.4 is 20.9 Å². The van der Waals surface area contributed by atoms with Crippen LogP contribution in [0.1, 0.15) is 35.2 Å². The molecule has 2 aromatic rings. The van der Waals surface area contributed by atoms with Gasteiger partial charge in [0.05, 0.1) is 24.6 Å². The normalized spacial score (nSPS) is 10.1. The van der Waals surface area contributed by atoms with Crippen LogP contribution in [0.25, 0.3) is 0 Å². The van der Waals surface area contributed by atoms with Crippen LogP contribution in [-0.2, 0) is 20.7 Å². The summed E-state index contributed by atoms with van der Waals surface area (Å²) in [5.41, 5.74) is 6.36. The number of hydrazine groups is 1. The van der Waals surface area contributed by atoms with Gasteiger partial charge in [0.25, 0.3) is 5.91 Å². The maximum absolute atomic E-state index is 12.1. The highest BCUT2D eigenvalue weighted by Crippen LogP contribution is 2.25. The first-order valence-corrected chi connectivity index (χ1v) is 11.0. The Morgan fingerprint density at radius 1 is 1.03 bits per heavy atom. The molecule has 32 heavy (non-hydrogen) atoms. The molecule has 0 unspecified atom stereocenters. The van der Waals surface area contributed by atoms with Gasteiger partial charge in [0, 0.05) is 12.0 Å². The molecule has 3 N–H and O–H groups in total. The van der Waals surface area contributed by atoms with E-state index in [9.17, 15) is 14.4 Å². The summed E-state index contributed by atoms with van der Waals surface area (Å²) in [6.07, 6.45) is 1.37. The van der Waals surface area contributed by atoms with Crippen LogP contribution in [0.3, 0.4) is 0 Å². The molecule has 0 aliphatic rings. The lowest BCUT2D eigenvalue weighted by atomic mass is 10.1. The van der Waals surface area contributed by atoms with E-state index in [0.29, 0.717) is 28.8 Å². The van der Waals surface area contributed by atoms with Crippen LogP contribution in [0.2, 0.25) is 0 Å². The number of halogens is 1. The molecule has 0 saturated heterocycles. The zero-order valence-corrected chi connectivity index (χ0v) is 19.9. The average molecular weight is 522 g/mol. The van der Waals surface area contributed by atoms with Gasteiger partial charge in [0.2, 0.25) is 5.91 Å². The fourth-order valence-electron chi connectivity index (χ4n) is 2.61. The number of amides is 2. The Bertz CT molecular complexity index is 956. The predicted octanol–water partition coefficient (Wildman–Crippen LogP) is 3.05. The van der Waals surface area contributed by atoms with Gasteiger partial charge < -0.3 is 14.8 Å². The lowest BCUT2D eigenvalue weighted by Gasteiger charge is -2.11. The number of aryl methyl sites for hydroxylation is 1. The standard InChI is InChI=1S/C22H24BrN3O5S/c1-30-18-10-9-16(14-17(18)23)21(29)25-26-22(32)24-19(27)11-12-20(28)31-13-5-8-15-6-3-2-4-7-15/h2-4,6-7,9-10,14H,5,8,11-13H2,1H3,(H,25,29)(H2,24,26,27,32). The second-order valence-corrected chi connectivity index (χ2v) is 7.88. The van der Waals surface area contributed by atoms with E-state index in [4.69, 9.17) is 21.7 Å². The van der Waals surface area contributed by atoms with Crippen molar-refractivity contribution in [1.29, 1.82) is 0 Å². The van der Waals surface area contributed by atoms with E-state index in [1.165, 1.54) is 12.7 Å². The first-order chi connectivity index (χ1) is 15.4. The summed E-state index contributed by atoms with van der Waals surface area (Å²) in [7, 11) is 1.52. The molecule has 0 atom stereocenters. The number of rotatable bonds is 9. The maximum atomic E-state index is 12.1. The third kappa shape index (κ3) is 9.03. The van der Waals surface area contributed by atoms with Gasteiger partial charge in [0.15, 0.2) is 5.11 Å². The smallest absolute Gasteiger partial charge is 0.306 e. The first kappa shape index (κ1) is 25.3. The highest BCUT2D eigenvalue weighted by molar-refractivity contribution is 9.10. The molecule has 0 heterocycles. The molecule has 0 radical (unpaired) electrons. The largest absolute Gasteiger partial charge is 0.496 e. The summed E-state index contributed by atoms with van der Waals surface area (Å²) < 4.78 is 10.9. The van der Waals surface area contributed by atoms with Crippen molar-refractivity contribution in [3.8, 4) is 5.75 Å². The molecule has 170 valence electrons. The molecule has 8 nitrogen and oxygen atoms in total. The fraction of sp³-hybridized carbons (Fsp3) is 0.273. The Kier molecular flexibility index (Phi) is 10.6. The van der Waals surface area contributed by atoms with Crippen LogP contribution in [-0.4, -0.2) is 36.6 Å². The van der Waals surface area contributed by atoms with Crippen LogP contribution in [0, 0.1) is 0 Å². The summed E-state index contributed by atoms with van der Waals surface area (Å²) in [5.74, 6) is -0.785. The van der Waals surface area contributed by atoms with E-state index < -0.39 is 17.8 Å². The van der Waals surface area contributed by atoms with E-state index in [1.807, 2.05) is 30.3 Å². The Hall–Kier alpha value is -2.98. The number of esters is 1. The summed E-state index contributed by atoms with van der Waals surface area (Å²) in [6.45, 7) is 0.294. The second kappa shape index (κ2) is 13.4. The molecule has 2 amide bonds. The zero-order valence-electron chi connectivity index (χ0n) is 17.5. The van der Waals surface area contributed by atoms with Crippen molar-refractivity contribution in [3.05, 3.63) is 64.1 Å². The van der Waals surface area contributed by atoms with Gasteiger partial charge in [0.1, 0.15) is 5.75 Å². The van der Waals surface area contributed by atoms with Gasteiger partial charge in [-0.2, -0.15) is 0 Å². The lowest BCUT2D eigenvalue weighted by Crippen LogP contribution is -2.48. The van der Waals surface area contributed by atoms with Gasteiger partial charge in [-0.25, -0.2) is 0 Å². The highest BCUT2D eigenvalue weighted by atomic mass is 79.9. The number of methoxy groups -OCH3 is 1. The van der Waals surface area contributed by atoms with Crippen molar-refractivity contribution in [2.24, 2.45) is 0 Å². The van der Waals surface area contributed by atoms with Crippen LogP contribution in [0.15, 0.2) is 53.0 Å². The lowest BCUT2D eigenvalue weighted by molar-refractivity contribution is -0.145. The van der Waals surface area contributed by atoms with Crippen molar-refractivity contribution in [2.75, 3.05) is 13.7 Å². The Balaban J connectivity index is 1.60. The Morgan fingerprint density at radius 2 is 1.78 bits per heavy atom. The van der Waals surface area contributed by atoms with Crippen LogP contribution >= 0.6 is 28.1 Å². The third-order valence-corrected chi connectivity index (χ3v) is 5.05. The number of thiocarbonyl (C=S) groups is 1. The van der Waals surface area contributed by atoms with Crippen molar-refractivity contribution in [2.45, 2.75) is 25.7 Å². The zero-order chi connectivity index (χ0) is 23.3. The number of ether oxygens (including phenoxy) is 2. The van der Waals surface area contributed by atoms with E-state index in [2.05, 4.69) is 32.1 Å². The van der Waals surface area contributed by atoms with E-state index in [-0.39, 0.29) is 18.0 Å². The SMILES string of the molecule is COc1ccc(C(=O)NNC(=S)NC(=O)CCC(=O)OCCCc2ccccc2)cc1Br. The maximum Gasteiger partial charge on any atom is 0.306 e. The first-order valence-electron chi connectivity index (χ1n) is 9.82. The van der Waals surface area contributed by atoms with Gasteiger partial charge >= 0.3 is 5.97 Å². The molecule has 10 heteroatoms. The van der Waals surface area contributed by atoms with E-state index >= 15 is 0 Å². The van der Waals surface area contributed by atoms with Crippen LogP contribution in [0.5, 0.6) is 5.75 Å². The second-order valence-electron chi connectivity index (χ2n) is 6.62. The Morgan fingerprint density at radius 3 is 2.47 bits per heavy atom. The number of benzene rings is 2. The van der Waals surface area contributed by atoms with Crippen LogP contribution in [0.4, 0.5) is 0 Å². The van der Waals surface area contributed by atoms with Gasteiger partial charge in [-0.15, -0.1) is 0 Å². The number of nitrogens with one attached hydrogen (secondary N) is 3. The van der Waals surface area contributed by atoms with Gasteiger partial charge in [-0.05, 0) is 64.8 Å². The van der Waals surface area contributed by atoms with E-state index in [1.54, 1.807) is 18.2 Å². The highest BCUT2D eigenvalue weighted by Gasteiger charge is 2.12. The molecule has 2 rings (SSSR count). The third-order valence-electron chi connectivity index (χ3n) is 4.23. The number of carbonyl (C=O) groups is 3. The molecule has 0 aliphatic carbocycles. The van der Waals surface area contributed by atoms with Gasteiger partial charge in [-0.1, -0.05) is 30.3 Å². The summed E-state index contributed by atoms with van der Waals surface area (Å²) >= 11 is 8.27. The minimum Gasteiger partial charge on any atom is -0.496 e. The predicted molar refractivity (Wildman–Crippen MR) is 127 cm³/mol. The summed E-state index contributed by atoms with van der Waals surface area (Å²) in [5, 5.41) is 2.30. The minimum absolute atomic E-state index is 0.0635. The molecule has 0 aliphatic heterocycles. The molecular formula is C22H24BrN3O5S. The number of carbonyl (C=O) groups excluding carboxylic acids is 3. The van der Waals surface area contributed by atoms with Crippen molar-refractivity contribution < 1.29 is 23.9 Å². The number of hydrogen-bond donors (Lipinski definition) is 3. The van der Waals surface area contributed by atoms with Gasteiger partial charge in [-0.3, -0.25) is 25.2 Å². The fourth-order valence-corrected chi connectivity index (χ4v) is 3.31. The minimum atomic E-state index is -0.467.